The average Bonchev–Trinajstić information content (AvgIpc) is 2.94. The molecule has 2 N–H and O–H groups in total. The molecule has 2 rings (SSSR count). The maximum absolute atomic E-state index is 12.1. The number of amides is 1. The third-order valence-electron chi connectivity index (χ3n) is 4.03. The SMILES string of the molecule is Cc1oc(CNC(=O)C(C)CCCc2ccccc2)cc1C(=O)O. The highest BCUT2D eigenvalue weighted by atomic mass is 16.4. The van der Waals surface area contributed by atoms with E-state index in [1.807, 2.05) is 25.1 Å². The average molecular weight is 329 g/mol. The number of furan rings is 1. The van der Waals surface area contributed by atoms with Gasteiger partial charge in [0.15, 0.2) is 0 Å². The van der Waals surface area contributed by atoms with Crippen LogP contribution in [0.1, 0.15) is 47.2 Å². The van der Waals surface area contributed by atoms with Crippen molar-refractivity contribution in [2.45, 2.75) is 39.7 Å². The Morgan fingerprint density at radius 3 is 2.58 bits per heavy atom. The molecule has 0 fully saturated rings. The van der Waals surface area contributed by atoms with E-state index in [-0.39, 0.29) is 23.9 Å². The van der Waals surface area contributed by atoms with Crippen LogP contribution in [0.5, 0.6) is 0 Å². The number of aryl methyl sites for hydroxylation is 2. The van der Waals surface area contributed by atoms with Crippen LogP contribution >= 0.6 is 0 Å². The zero-order valence-electron chi connectivity index (χ0n) is 14.0. The van der Waals surface area contributed by atoms with Crippen molar-refractivity contribution in [2.24, 2.45) is 5.92 Å². The van der Waals surface area contributed by atoms with Crippen LogP contribution in [-0.2, 0) is 17.8 Å². The Kier molecular flexibility index (Phi) is 6.18. The van der Waals surface area contributed by atoms with Crippen molar-refractivity contribution in [3.8, 4) is 0 Å². The predicted octanol–water partition coefficient (Wildman–Crippen LogP) is 3.56. The first kappa shape index (κ1) is 17.8. The monoisotopic (exact) mass is 329 g/mol. The van der Waals surface area contributed by atoms with Gasteiger partial charge >= 0.3 is 5.97 Å². The highest BCUT2D eigenvalue weighted by molar-refractivity contribution is 5.88. The van der Waals surface area contributed by atoms with Crippen LogP contribution in [0.2, 0.25) is 0 Å². The first-order valence-corrected chi connectivity index (χ1v) is 8.11. The van der Waals surface area contributed by atoms with Gasteiger partial charge in [0, 0.05) is 5.92 Å². The van der Waals surface area contributed by atoms with Crippen LogP contribution in [0.15, 0.2) is 40.8 Å². The Morgan fingerprint density at radius 2 is 1.96 bits per heavy atom. The lowest BCUT2D eigenvalue weighted by Crippen LogP contribution is -2.28. The molecule has 0 saturated carbocycles. The maximum Gasteiger partial charge on any atom is 0.339 e. The van der Waals surface area contributed by atoms with Gasteiger partial charge in [0.1, 0.15) is 17.1 Å². The molecule has 0 aliphatic rings. The van der Waals surface area contributed by atoms with Gasteiger partial charge in [0.25, 0.3) is 0 Å². The number of carboxylic acids is 1. The number of nitrogens with one attached hydrogen (secondary N) is 1. The molecule has 0 aliphatic heterocycles. The molecular weight excluding hydrogens is 306 g/mol. The van der Waals surface area contributed by atoms with Gasteiger partial charge in [-0.3, -0.25) is 4.79 Å². The van der Waals surface area contributed by atoms with Crippen LogP contribution in [0.3, 0.4) is 0 Å². The van der Waals surface area contributed by atoms with Crippen LogP contribution in [-0.4, -0.2) is 17.0 Å². The summed E-state index contributed by atoms with van der Waals surface area (Å²) in [5.74, 6) is -0.363. The van der Waals surface area contributed by atoms with Crippen molar-refractivity contribution >= 4 is 11.9 Å². The van der Waals surface area contributed by atoms with Gasteiger partial charge in [-0.25, -0.2) is 4.79 Å². The second-order valence-electron chi connectivity index (χ2n) is 5.98. The number of hydrogen-bond donors (Lipinski definition) is 2. The fourth-order valence-electron chi connectivity index (χ4n) is 2.58. The molecule has 0 radical (unpaired) electrons. The first-order valence-electron chi connectivity index (χ1n) is 8.11. The summed E-state index contributed by atoms with van der Waals surface area (Å²) in [4.78, 5) is 23.1. The molecule has 2 aromatic rings. The highest BCUT2D eigenvalue weighted by Crippen LogP contribution is 2.15. The lowest BCUT2D eigenvalue weighted by molar-refractivity contribution is -0.124. The minimum atomic E-state index is -1.02. The third-order valence-corrected chi connectivity index (χ3v) is 4.03. The second-order valence-corrected chi connectivity index (χ2v) is 5.98. The largest absolute Gasteiger partial charge is 0.478 e. The van der Waals surface area contributed by atoms with Gasteiger partial charge in [-0.1, -0.05) is 37.3 Å². The first-order chi connectivity index (χ1) is 11.5. The van der Waals surface area contributed by atoms with Gasteiger partial charge in [-0.2, -0.15) is 0 Å². The molecule has 0 bridgehead atoms. The molecule has 1 aromatic carbocycles. The van der Waals surface area contributed by atoms with E-state index in [9.17, 15) is 9.59 Å². The standard InChI is InChI=1S/C19H23NO4/c1-13(7-6-10-15-8-4-3-5-9-15)18(21)20-12-16-11-17(19(22)23)14(2)24-16/h3-5,8-9,11,13H,6-7,10,12H2,1-2H3,(H,20,21)(H,22,23). The molecule has 0 saturated heterocycles. The molecule has 0 aliphatic carbocycles. The van der Waals surface area contributed by atoms with Crippen LogP contribution in [0.4, 0.5) is 0 Å². The van der Waals surface area contributed by atoms with E-state index in [2.05, 4.69) is 17.4 Å². The van der Waals surface area contributed by atoms with Gasteiger partial charge in [-0.05, 0) is 37.8 Å². The highest BCUT2D eigenvalue weighted by Gasteiger charge is 2.16. The summed E-state index contributed by atoms with van der Waals surface area (Å²) >= 11 is 0. The third kappa shape index (κ3) is 4.98. The minimum Gasteiger partial charge on any atom is -0.478 e. The fourth-order valence-corrected chi connectivity index (χ4v) is 2.58. The van der Waals surface area contributed by atoms with E-state index in [0.29, 0.717) is 11.5 Å². The van der Waals surface area contributed by atoms with E-state index < -0.39 is 5.97 Å². The van der Waals surface area contributed by atoms with Gasteiger partial charge < -0.3 is 14.8 Å². The van der Waals surface area contributed by atoms with E-state index >= 15 is 0 Å². The van der Waals surface area contributed by atoms with Crippen LogP contribution in [0.25, 0.3) is 0 Å². The van der Waals surface area contributed by atoms with Crippen molar-refractivity contribution in [3.05, 3.63) is 59.0 Å². The van der Waals surface area contributed by atoms with Crippen molar-refractivity contribution in [3.63, 3.8) is 0 Å². The Hall–Kier alpha value is -2.56. The minimum absolute atomic E-state index is 0.0472. The molecule has 1 atom stereocenters. The van der Waals surface area contributed by atoms with Crippen molar-refractivity contribution in [1.82, 2.24) is 5.32 Å². The molecule has 1 heterocycles. The summed E-state index contributed by atoms with van der Waals surface area (Å²) in [6, 6.07) is 11.7. The van der Waals surface area contributed by atoms with E-state index in [1.165, 1.54) is 11.6 Å². The Morgan fingerprint density at radius 1 is 1.25 bits per heavy atom. The van der Waals surface area contributed by atoms with E-state index in [4.69, 9.17) is 9.52 Å². The second kappa shape index (κ2) is 8.34. The van der Waals surface area contributed by atoms with Gasteiger partial charge in [0.05, 0.1) is 6.54 Å². The van der Waals surface area contributed by atoms with Crippen molar-refractivity contribution in [2.75, 3.05) is 0 Å². The number of hydrogen-bond acceptors (Lipinski definition) is 3. The summed E-state index contributed by atoms with van der Waals surface area (Å²) in [5, 5.41) is 11.8. The molecule has 5 nitrogen and oxygen atoms in total. The number of rotatable bonds is 8. The molecule has 1 unspecified atom stereocenters. The quantitative estimate of drug-likeness (QED) is 0.776. The number of benzene rings is 1. The zero-order chi connectivity index (χ0) is 17.5. The van der Waals surface area contributed by atoms with Crippen LogP contribution in [0, 0.1) is 12.8 Å². The number of carboxylic acid groups (broad SMARTS) is 1. The summed E-state index contributed by atoms with van der Waals surface area (Å²) in [6.45, 7) is 3.70. The lowest BCUT2D eigenvalue weighted by Gasteiger charge is -2.11. The number of carbonyl (C=O) groups excluding carboxylic acids is 1. The summed E-state index contributed by atoms with van der Waals surface area (Å²) in [5.41, 5.74) is 1.41. The molecule has 1 amide bonds. The topological polar surface area (TPSA) is 79.5 Å². The Balaban J connectivity index is 1.75. The Labute approximate surface area is 141 Å². The van der Waals surface area contributed by atoms with E-state index in [0.717, 1.165) is 19.3 Å². The zero-order valence-corrected chi connectivity index (χ0v) is 14.0. The predicted molar refractivity (Wildman–Crippen MR) is 90.8 cm³/mol. The van der Waals surface area contributed by atoms with Gasteiger partial charge in [0.2, 0.25) is 5.91 Å². The van der Waals surface area contributed by atoms with Crippen molar-refractivity contribution < 1.29 is 19.1 Å². The van der Waals surface area contributed by atoms with Gasteiger partial charge in [-0.15, -0.1) is 0 Å². The molecule has 1 aromatic heterocycles. The molecule has 24 heavy (non-hydrogen) atoms. The lowest BCUT2D eigenvalue weighted by atomic mass is 10.0. The van der Waals surface area contributed by atoms with Crippen LogP contribution < -0.4 is 5.32 Å². The smallest absolute Gasteiger partial charge is 0.339 e. The van der Waals surface area contributed by atoms with E-state index in [1.54, 1.807) is 6.92 Å². The fraction of sp³-hybridized carbons (Fsp3) is 0.368. The summed E-state index contributed by atoms with van der Waals surface area (Å²) in [7, 11) is 0. The molecule has 128 valence electrons. The number of carbonyl (C=O) groups is 2. The summed E-state index contributed by atoms with van der Waals surface area (Å²) < 4.78 is 5.35. The summed E-state index contributed by atoms with van der Waals surface area (Å²) in [6.07, 6.45) is 2.71. The maximum atomic E-state index is 12.1. The molecular formula is C19H23NO4. The molecule has 0 spiro atoms. The number of aromatic carboxylic acids is 1. The Bertz CT molecular complexity index is 691. The molecule has 5 heteroatoms. The normalized spacial score (nSPS) is 11.9. The van der Waals surface area contributed by atoms with Crippen molar-refractivity contribution in [1.29, 1.82) is 0 Å².